The third kappa shape index (κ3) is 3.76. The zero-order valence-electron chi connectivity index (χ0n) is 11.3. The molecule has 5 heteroatoms. The van der Waals surface area contributed by atoms with Gasteiger partial charge in [0.1, 0.15) is 12.1 Å². The lowest BCUT2D eigenvalue weighted by molar-refractivity contribution is -0.139. The molecular formula is C14H20N2O3. The summed E-state index contributed by atoms with van der Waals surface area (Å²) in [5.74, 6) is -0.781. The lowest BCUT2D eigenvalue weighted by Gasteiger charge is -2.18. The zero-order valence-corrected chi connectivity index (χ0v) is 11.3. The van der Waals surface area contributed by atoms with Gasteiger partial charge in [0.05, 0.1) is 6.61 Å². The molecule has 1 unspecified atom stereocenters. The van der Waals surface area contributed by atoms with E-state index in [0.717, 1.165) is 5.56 Å². The summed E-state index contributed by atoms with van der Waals surface area (Å²) in [7, 11) is 0. The third-order valence-electron chi connectivity index (χ3n) is 3.01. The number of nitrogens with two attached hydrogens (primary N) is 1. The maximum Gasteiger partial charge on any atom is 0.241 e. The average molecular weight is 264 g/mol. The van der Waals surface area contributed by atoms with Crippen molar-refractivity contribution in [3.63, 3.8) is 0 Å². The molecule has 1 aromatic rings. The SMILES string of the molecule is CC1(C)OCC(CNC(=O)[C@@H](N)c2ccccc2)O1. The van der Waals surface area contributed by atoms with Crippen molar-refractivity contribution >= 4 is 5.91 Å². The highest BCUT2D eigenvalue weighted by Crippen LogP contribution is 2.21. The first-order valence-electron chi connectivity index (χ1n) is 6.38. The molecule has 1 amide bonds. The van der Waals surface area contributed by atoms with Gasteiger partial charge in [-0.1, -0.05) is 30.3 Å². The molecule has 2 atom stereocenters. The van der Waals surface area contributed by atoms with E-state index in [-0.39, 0.29) is 12.0 Å². The van der Waals surface area contributed by atoms with Gasteiger partial charge in [0, 0.05) is 6.54 Å². The van der Waals surface area contributed by atoms with Gasteiger partial charge in [-0.2, -0.15) is 0 Å². The normalized spacial score (nSPS) is 23.0. The van der Waals surface area contributed by atoms with E-state index in [4.69, 9.17) is 15.2 Å². The highest BCUT2D eigenvalue weighted by Gasteiger charge is 2.32. The summed E-state index contributed by atoms with van der Waals surface area (Å²) in [5.41, 5.74) is 6.69. The van der Waals surface area contributed by atoms with Crippen LogP contribution in [0.1, 0.15) is 25.5 Å². The number of rotatable bonds is 4. The Morgan fingerprint density at radius 1 is 1.47 bits per heavy atom. The molecule has 1 aliphatic heterocycles. The molecule has 0 aliphatic carbocycles. The summed E-state index contributed by atoms with van der Waals surface area (Å²) < 4.78 is 11.0. The van der Waals surface area contributed by atoms with E-state index in [1.807, 2.05) is 44.2 Å². The summed E-state index contributed by atoms with van der Waals surface area (Å²) in [6, 6.07) is 8.62. The van der Waals surface area contributed by atoms with Gasteiger partial charge >= 0.3 is 0 Å². The highest BCUT2D eigenvalue weighted by atomic mass is 16.7. The van der Waals surface area contributed by atoms with Crippen molar-refractivity contribution in [1.29, 1.82) is 0 Å². The smallest absolute Gasteiger partial charge is 0.241 e. The minimum Gasteiger partial charge on any atom is -0.352 e. The van der Waals surface area contributed by atoms with E-state index in [0.29, 0.717) is 13.2 Å². The van der Waals surface area contributed by atoms with Crippen LogP contribution < -0.4 is 11.1 Å². The van der Waals surface area contributed by atoms with E-state index in [1.54, 1.807) is 0 Å². The minimum atomic E-state index is -0.656. The molecule has 5 nitrogen and oxygen atoms in total. The molecule has 1 aliphatic rings. The fourth-order valence-electron chi connectivity index (χ4n) is 2.00. The van der Waals surface area contributed by atoms with Crippen LogP contribution in [0.25, 0.3) is 0 Å². The molecule has 104 valence electrons. The average Bonchev–Trinajstić information content (AvgIpc) is 2.76. The molecule has 0 bridgehead atoms. The molecule has 0 saturated carbocycles. The van der Waals surface area contributed by atoms with Gasteiger partial charge in [0.15, 0.2) is 5.79 Å². The Bertz CT molecular complexity index is 434. The quantitative estimate of drug-likeness (QED) is 0.849. The second-order valence-corrected chi connectivity index (χ2v) is 5.08. The molecule has 2 rings (SSSR count). The predicted octanol–water partition coefficient (Wildman–Crippen LogP) is 0.954. The van der Waals surface area contributed by atoms with Crippen molar-refractivity contribution in [1.82, 2.24) is 5.32 Å². The number of hydrogen-bond donors (Lipinski definition) is 2. The van der Waals surface area contributed by atoms with Gasteiger partial charge in [-0.05, 0) is 19.4 Å². The van der Waals surface area contributed by atoms with Crippen LogP contribution in [0.5, 0.6) is 0 Å². The van der Waals surface area contributed by atoms with E-state index < -0.39 is 11.8 Å². The van der Waals surface area contributed by atoms with Crippen LogP contribution in [-0.4, -0.2) is 30.9 Å². The summed E-state index contributed by atoms with van der Waals surface area (Å²) in [6.45, 7) is 4.59. The van der Waals surface area contributed by atoms with Gasteiger partial charge < -0.3 is 20.5 Å². The molecule has 0 aromatic heterocycles. The van der Waals surface area contributed by atoms with Crippen LogP contribution in [0.3, 0.4) is 0 Å². The van der Waals surface area contributed by atoms with Crippen molar-refractivity contribution in [3.8, 4) is 0 Å². The molecule has 1 aromatic carbocycles. The van der Waals surface area contributed by atoms with Gasteiger partial charge in [0.25, 0.3) is 0 Å². The first kappa shape index (κ1) is 14.0. The molecule has 0 spiro atoms. The second-order valence-electron chi connectivity index (χ2n) is 5.08. The van der Waals surface area contributed by atoms with E-state index in [1.165, 1.54) is 0 Å². The lowest BCUT2D eigenvalue weighted by Crippen LogP contribution is -2.39. The van der Waals surface area contributed by atoms with Crippen molar-refractivity contribution < 1.29 is 14.3 Å². The zero-order chi connectivity index (χ0) is 13.9. The van der Waals surface area contributed by atoms with Crippen LogP contribution in [0.15, 0.2) is 30.3 Å². The van der Waals surface area contributed by atoms with Crippen LogP contribution in [0.4, 0.5) is 0 Å². The Morgan fingerprint density at radius 2 is 2.16 bits per heavy atom. The molecule has 1 saturated heterocycles. The van der Waals surface area contributed by atoms with Crippen LogP contribution in [-0.2, 0) is 14.3 Å². The largest absolute Gasteiger partial charge is 0.352 e. The maximum atomic E-state index is 11.9. The minimum absolute atomic E-state index is 0.123. The first-order chi connectivity index (χ1) is 8.98. The van der Waals surface area contributed by atoms with E-state index in [9.17, 15) is 4.79 Å². The maximum absolute atomic E-state index is 11.9. The van der Waals surface area contributed by atoms with Crippen LogP contribution >= 0.6 is 0 Å². The molecule has 0 radical (unpaired) electrons. The lowest BCUT2D eigenvalue weighted by atomic mass is 10.1. The van der Waals surface area contributed by atoms with E-state index >= 15 is 0 Å². The van der Waals surface area contributed by atoms with Crippen molar-refractivity contribution in [2.24, 2.45) is 5.73 Å². The molecule has 1 heterocycles. The Balaban J connectivity index is 1.82. The summed E-state index contributed by atoms with van der Waals surface area (Å²) in [4.78, 5) is 11.9. The van der Waals surface area contributed by atoms with Crippen molar-refractivity contribution in [2.75, 3.05) is 13.2 Å². The number of hydrogen-bond acceptors (Lipinski definition) is 4. The van der Waals surface area contributed by atoms with E-state index in [2.05, 4.69) is 5.32 Å². The molecule has 19 heavy (non-hydrogen) atoms. The van der Waals surface area contributed by atoms with Gasteiger partial charge in [-0.3, -0.25) is 4.79 Å². The number of carbonyl (C=O) groups excluding carboxylic acids is 1. The predicted molar refractivity (Wildman–Crippen MR) is 71.3 cm³/mol. The summed E-state index contributed by atoms with van der Waals surface area (Å²) >= 11 is 0. The summed E-state index contributed by atoms with van der Waals surface area (Å²) in [6.07, 6.45) is -0.123. The van der Waals surface area contributed by atoms with Crippen LogP contribution in [0, 0.1) is 0 Å². The second kappa shape index (κ2) is 5.69. The van der Waals surface area contributed by atoms with Gasteiger partial charge in [0.2, 0.25) is 5.91 Å². The molecule has 1 fully saturated rings. The number of carbonyl (C=O) groups is 1. The molecule has 3 N–H and O–H groups in total. The Kier molecular flexibility index (Phi) is 4.19. The fourth-order valence-corrected chi connectivity index (χ4v) is 2.00. The number of benzene rings is 1. The van der Waals surface area contributed by atoms with Crippen molar-refractivity contribution in [2.45, 2.75) is 31.8 Å². The Morgan fingerprint density at radius 3 is 2.74 bits per heavy atom. The third-order valence-corrected chi connectivity index (χ3v) is 3.01. The first-order valence-corrected chi connectivity index (χ1v) is 6.38. The Hall–Kier alpha value is -1.43. The number of nitrogens with one attached hydrogen (secondary N) is 1. The van der Waals surface area contributed by atoms with Gasteiger partial charge in [-0.25, -0.2) is 0 Å². The van der Waals surface area contributed by atoms with Crippen molar-refractivity contribution in [3.05, 3.63) is 35.9 Å². The van der Waals surface area contributed by atoms with Crippen LogP contribution in [0.2, 0.25) is 0 Å². The van der Waals surface area contributed by atoms with Gasteiger partial charge in [-0.15, -0.1) is 0 Å². The standard InChI is InChI=1S/C14H20N2O3/c1-14(2)18-9-11(19-14)8-16-13(17)12(15)10-6-4-3-5-7-10/h3-7,11-12H,8-9,15H2,1-2H3,(H,16,17)/t11?,12-/m0/s1. The number of ether oxygens (including phenoxy) is 2. The highest BCUT2D eigenvalue weighted by molar-refractivity contribution is 5.82. The fraction of sp³-hybridized carbons (Fsp3) is 0.500. The summed E-state index contributed by atoms with van der Waals surface area (Å²) in [5, 5.41) is 2.79. The molecular weight excluding hydrogens is 244 g/mol. The monoisotopic (exact) mass is 264 g/mol. The topological polar surface area (TPSA) is 73.6 Å². The Labute approximate surface area is 113 Å². The number of amides is 1.